The molecule has 0 spiro atoms. The molecule has 0 aliphatic rings. The van der Waals surface area contributed by atoms with Crippen molar-refractivity contribution >= 4 is 21.4 Å². The minimum Gasteiger partial charge on any atom is -0.389 e. The number of rotatable bonds is 3. The van der Waals surface area contributed by atoms with Crippen LogP contribution in [0.15, 0.2) is 35.5 Å². The average Bonchev–Trinajstić information content (AvgIpc) is 2.77. The number of aromatic nitrogens is 2. The molecule has 102 valence electrons. The Bertz CT molecular complexity index is 708. The summed E-state index contributed by atoms with van der Waals surface area (Å²) in [4.78, 5) is 0.128. The van der Waals surface area contributed by atoms with E-state index in [1.807, 2.05) is 0 Å². The van der Waals surface area contributed by atoms with Crippen molar-refractivity contribution in [1.82, 2.24) is 9.78 Å². The monoisotopic (exact) mass is 300 g/mol. The average molecular weight is 301 g/mol. The standard InChI is InChI=1S/C12H13ClN2O3S/c1-8(16)9-3-4-12(11(13)5-9)15-7-10(6-14-15)19(2,17)18/h3-8,16H,1-2H3/t8-/m1/s1. The molecule has 1 N–H and O–H groups in total. The first kappa shape index (κ1) is 14.0. The van der Waals surface area contributed by atoms with Crippen molar-refractivity contribution in [3.8, 4) is 5.69 Å². The predicted molar refractivity (Wildman–Crippen MR) is 72.3 cm³/mol. The van der Waals surface area contributed by atoms with E-state index in [0.717, 1.165) is 6.26 Å². The van der Waals surface area contributed by atoms with Crippen LogP contribution in [-0.4, -0.2) is 29.6 Å². The molecular formula is C12H13ClN2O3S. The molecule has 0 bridgehead atoms. The van der Waals surface area contributed by atoms with Crippen molar-refractivity contribution in [3.63, 3.8) is 0 Å². The molecular weight excluding hydrogens is 288 g/mol. The molecule has 0 saturated carbocycles. The van der Waals surface area contributed by atoms with Gasteiger partial charge in [0.25, 0.3) is 0 Å². The van der Waals surface area contributed by atoms with Gasteiger partial charge in [0.05, 0.1) is 23.0 Å². The van der Waals surface area contributed by atoms with E-state index >= 15 is 0 Å². The van der Waals surface area contributed by atoms with E-state index < -0.39 is 15.9 Å². The minimum atomic E-state index is -3.29. The lowest BCUT2D eigenvalue weighted by atomic mass is 10.1. The first-order chi connectivity index (χ1) is 8.79. The zero-order chi connectivity index (χ0) is 14.2. The van der Waals surface area contributed by atoms with Crippen LogP contribution in [0.1, 0.15) is 18.6 Å². The van der Waals surface area contributed by atoms with Crippen LogP contribution in [-0.2, 0) is 9.84 Å². The number of aliphatic hydroxyl groups excluding tert-OH is 1. The Labute approximate surface area is 116 Å². The van der Waals surface area contributed by atoms with E-state index in [9.17, 15) is 13.5 Å². The molecule has 0 unspecified atom stereocenters. The Morgan fingerprint density at radius 1 is 1.42 bits per heavy atom. The fourth-order valence-electron chi connectivity index (χ4n) is 1.60. The maximum Gasteiger partial charge on any atom is 0.178 e. The number of aliphatic hydroxyl groups is 1. The molecule has 0 aliphatic heterocycles. The summed E-state index contributed by atoms with van der Waals surface area (Å²) in [5.74, 6) is 0. The first-order valence-corrected chi connectivity index (χ1v) is 7.78. The highest BCUT2D eigenvalue weighted by Crippen LogP contribution is 2.25. The lowest BCUT2D eigenvalue weighted by Crippen LogP contribution is -1.98. The van der Waals surface area contributed by atoms with Crippen molar-refractivity contribution in [2.75, 3.05) is 6.26 Å². The third-order valence-electron chi connectivity index (χ3n) is 2.69. The summed E-state index contributed by atoms with van der Waals surface area (Å²) in [6.45, 7) is 1.64. The number of sulfone groups is 1. The molecule has 2 rings (SSSR count). The maximum absolute atomic E-state index is 11.4. The molecule has 1 heterocycles. The van der Waals surface area contributed by atoms with Gasteiger partial charge in [0, 0.05) is 12.5 Å². The van der Waals surface area contributed by atoms with E-state index in [2.05, 4.69) is 5.10 Å². The molecule has 0 aliphatic carbocycles. The van der Waals surface area contributed by atoms with Gasteiger partial charge in [-0.2, -0.15) is 5.10 Å². The minimum absolute atomic E-state index is 0.128. The molecule has 0 fully saturated rings. The third-order valence-corrected chi connectivity index (χ3v) is 4.06. The van der Waals surface area contributed by atoms with Crippen LogP contribution in [0.2, 0.25) is 5.02 Å². The highest BCUT2D eigenvalue weighted by atomic mass is 35.5. The molecule has 1 aromatic carbocycles. The predicted octanol–water partition coefficient (Wildman–Crippen LogP) is 1.98. The smallest absolute Gasteiger partial charge is 0.178 e. The lowest BCUT2D eigenvalue weighted by molar-refractivity contribution is 0.199. The Kier molecular flexibility index (Phi) is 3.66. The number of nitrogens with zero attached hydrogens (tertiary/aromatic N) is 2. The third kappa shape index (κ3) is 2.97. The second kappa shape index (κ2) is 4.96. The van der Waals surface area contributed by atoms with Gasteiger partial charge in [0.2, 0.25) is 0 Å². The van der Waals surface area contributed by atoms with Gasteiger partial charge in [0.15, 0.2) is 9.84 Å². The highest BCUT2D eigenvalue weighted by Gasteiger charge is 2.13. The van der Waals surface area contributed by atoms with Gasteiger partial charge in [-0.1, -0.05) is 17.7 Å². The summed E-state index contributed by atoms with van der Waals surface area (Å²) in [6.07, 6.45) is 3.18. The maximum atomic E-state index is 11.4. The van der Waals surface area contributed by atoms with Crippen molar-refractivity contribution < 1.29 is 13.5 Å². The van der Waals surface area contributed by atoms with Gasteiger partial charge in [-0.3, -0.25) is 0 Å². The number of benzene rings is 1. The van der Waals surface area contributed by atoms with Gasteiger partial charge in [0.1, 0.15) is 4.90 Å². The van der Waals surface area contributed by atoms with Gasteiger partial charge >= 0.3 is 0 Å². The molecule has 0 saturated heterocycles. The van der Waals surface area contributed by atoms with Crippen molar-refractivity contribution in [1.29, 1.82) is 0 Å². The Hall–Kier alpha value is -1.37. The van der Waals surface area contributed by atoms with E-state index in [0.29, 0.717) is 16.3 Å². The van der Waals surface area contributed by atoms with E-state index in [-0.39, 0.29) is 4.90 Å². The van der Waals surface area contributed by atoms with Crippen LogP contribution in [0.4, 0.5) is 0 Å². The molecule has 5 nitrogen and oxygen atoms in total. The molecule has 0 radical (unpaired) electrons. The van der Waals surface area contributed by atoms with Crippen LogP contribution in [0.25, 0.3) is 5.69 Å². The van der Waals surface area contributed by atoms with Gasteiger partial charge in [-0.05, 0) is 24.6 Å². The summed E-state index contributed by atoms with van der Waals surface area (Å²) in [5.41, 5.74) is 1.24. The lowest BCUT2D eigenvalue weighted by Gasteiger charge is -2.08. The molecule has 7 heteroatoms. The normalized spacial score (nSPS) is 13.5. The number of hydrogen-bond donors (Lipinski definition) is 1. The first-order valence-electron chi connectivity index (χ1n) is 5.51. The van der Waals surface area contributed by atoms with Gasteiger partial charge < -0.3 is 5.11 Å². The van der Waals surface area contributed by atoms with Gasteiger partial charge in [-0.25, -0.2) is 13.1 Å². The Morgan fingerprint density at radius 3 is 2.58 bits per heavy atom. The van der Waals surface area contributed by atoms with Crippen molar-refractivity contribution in [3.05, 3.63) is 41.2 Å². The SMILES string of the molecule is C[C@@H](O)c1ccc(-n2cc(S(C)(=O)=O)cn2)c(Cl)c1. The Balaban J connectivity index is 2.45. The zero-order valence-electron chi connectivity index (χ0n) is 10.4. The van der Waals surface area contributed by atoms with E-state index in [1.54, 1.807) is 25.1 Å². The summed E-state index contributed by atoms with van der Waals surface area (Å²) in [5, 5.41) is 13.8. The summed E-state index contributed by atoms with van der Waals surface area (Å²) >= 11 is 6.11. The number of halogens is 1. The molecule has 2 aromatic rings. The van der Waals surface area contributed by atoms with Crippen LogP contribution in [0.3, 0.4) is 0 Å². The summed E-state index contributed by atoms with van der Waals surface area (Å²) < 4.78 is 24.2. The van der Waals surface area contributed by atoms with Crippen LogP contribution >= 0.6 is 11.6 Å². The van der Waals surface area contributed by atoms with E-state index in [4.69, 9.17) is 11.6 Å². The van der Waals surface area contributed by atoms with E-state index in [1.165, 1.54) is 17.1 Å². The molecule has 1 aromatic heterocycles. The topological polar surface area (TPSA) is 72.2 Å². The molecule has 19 heavy (non-hydrogen) atoms. The number of hydrogen-bond acceptors (Lipinski definition) is 4. The van der Waals surface area contributed by atoms with Crippen LogP contribution in [0, 0.1) is 0 Å². The fraction of sp³-hybridized carbons (Fsp3) is 0.250. The van der Waals surface area contributed by atoms with Crippen LogP contribution in [0.5, 0.6) is 0 Å². The van der Waals surface area contributed by atoms with Crippen molar-refractivity contribution in [2.24, 2.45) is 0 Å². The zero-order valence-corrected chi connectivity index (χ0v) is 12.0. The second-order valence-electron chi connectivity index (χ2n) is 4.28. The largest absolute Gasteiger partial charge is 0.389 e. The Morgan fingerprint density at radius 2 is 2.11 bits per heavy atom. The van der Waals surface area contributed by atoms with Crippen molar-refractivity contribution in [2.45, 2.75) is 17.9 Å². The summed E-state index contributed by atoms with van der Waals surface area (Å²) in [6, 6.07) is 5.03. The summed E-state index contributed by atoms with van der Waals surface area (Å²) in [7, 11) is -3.29. The second-order valence-corrected chi connectivity index (χ2v) is 6.70. The highest BCUT2D eigenvalue weighted by molar-refractivity contribution is 7.90. The van der Waals surface area contributed by atoms with Gasteiger partial charge in [-0.15, -0.1) is 0 Å². The van der Waals surface area contributed by atoms with Crippen LogP contribution < -0.4 is 0 Å². The molecule has 1 atom stereocenters. The fourth-order valence-corrected chi connectivity index (χ4v) is 2.40. The molecule has 0 amide bonds. The quantitative estimate of drug-likeness (QED) is 0.941.